The Morgan fingerprint density at radius 2 is 2.04 bits per heavy atom. The predicted octanol–water partition coefficient (Wildman–Crippen LogP) is 3.08. The van der Waals surface area contributed by atoms with E-state index in [0.717, 1.165) is 22.6 Å². The van der Waals surface area contributed by atoms with E-state index in [0.29, 0.717) is 11.4 Å². The first kappa shape index (κ1) is 17.5. The van der Waals surface area contributed by atoms with Gasteiger partial charge in [0.15, 0.2) is 0 Å². The monoisotopic (exact) mass is 357 g/mol. The Kier molecular flexibility index (Phi) is 5.36. The van der Waals surface area contributed by atoms with Gasteiger partial charge in [0.2, 0.25) is 5.91 Å². The van der Waals surface area contributed by atoms with E-state index in [1.807, 2.05) is 60.0 Å². The van der Waals surface area contributed by atoms with Crippen molar-refractivity contribution >= 4 is 23.2 Å². The molecular weight excluding hydrogens is 338 g/mol. The number of pyridine rings is 1. The second-order valence-corrected chi connectivity index (χ2v) is 6.31. The lowest BCUT2D eigenvalue weighted by Gasteiger charge is -2.14. The molecule has 1 atom stereocenters. The topological polar surface area (TPSA) is 66.6 Å². The summed E-state index contributed by atoms with van der Waals surface area (Å²) in [6.07, 6.45) is 2.76. The Morgan fingerprint density at radius 1 is 1.28 bits per heavy atom. The van der Waals surface area contributed by atoms with Gasteiger partial charge in [-0.1, -0.05) is 36.7 Å². The van der Waals surface area contributed by atoms with Gasteiger partial charge in [-0.25, -0.2) is 4.98 Å². The smallest absolute Gasteiger partial charge is 0.226 e. The number of aromatic nitrogens is 2. The first-order valence-corrected chi connectivity index (χ1v) is 8.62. The lowest BCUT2D eigenvalue weighted by molar-refractivity contribution is -0.121. The summed E-state index contributed by atoms with van der Waals surface area (Å²) < 4.78 is 1.92. The molecule has 5 nitrogen and oxygen atoms in total. The summed E-state index contributed by atoms with van der Waals surface area (Å²) in [4.78, 5) is 17.1. The molecule has 0 radical (unpaired) electrons. The van der Waals surface area contributed by atoms with Gasteiger partial charge in [-0.05, 0) is 30.7 Å². The lowest BCUT2D eigenvalue weighted by atomic mass is 10.1. The lowest BCUT2D eigenvalue weighted by Crippen LogP contribution is -2.38. The van der Waals surface area contributed by atoms with Crippen LogP contribution >= 0.6 is 11.6 Å². The van der Waals surface area contributed by atoms with Crippen molar-refractivity contribution < 1.29 is 9.90 Å². The molecule has 25 heavy (non-hydrogen) atoms. The number of carbonyl (C=O) groups is 1. The van der Waals surface area contributed by atoms with E-state index in [1.165, 1.54) is 0 Å². The van der Waals surface area contributed by atoms with Crippen molar-refractivity contribution in [2.24, 2.45) is 0 Å². The zero-order valence-electron chi connectivity index (χ0n) is 13.9. The third-order valence-electron chi connectivity index (χ3n) is 4.15. The van der Waals surface area contributed by atoms with Crippen LogP contribution < -0.4 is 5.32 Å². The van der Waals surface area contributed by atoms with Gasteiger partial charge in [0, 0.05) is 16.8 Å². The number of halogens is 1. The number of hydrogen-bond acceptors (Lipinski definition) is 3. The van der Waals surface area contributed by atoms with Crippen LogP contribution in [-0.2, 0) is 11.2 Å². The number of carbonyl (C=O) groups excluding carboxylic acids is 1. The fourth-order valence-corrected chi connectivity index (χ4v) is 2.89. The standard InChI is InChI=1S/C19H20ClN3O2/c1-2-15(12-24)21-18(25)11-16-19(13-6-8-14(20)9-7-13)22-17-5-3-4-10-23(16)17/h3-10,15,24H,2,11-12H2,1H3,(H,21,25). The van der Waals surface area contributed by atoms with E-state index in [2.05, 4.69) is 10.3 Å². The number of nitrogens with zero attached hydrogens (tertiary/aromatic N) is 2. The molecule has 6 heteroatoms. The second kappa shape index (κ2) is 7.68. The van der Waals surface area contributed by atoms with Crippen LogP contribution in [0.4, 0.5) is 0 Å². The Balaban J connectivity index is 1.99. The van der Waals surface area contributed by atoms with Gasteiger partial charge in [-0.2, -0.15) is 0 Å². The molecule has 0 bridgehead atoms. The van der Waals surface area contributed by atoms with Crippen molar-refractivity contribution in [3.8, 4) is 11.3 Å². The maximum Gasteiger partial charge on any atom is 0.226 e. The molecular formula is C19H20ClN3O2. The summed E-state index contributed by atoms with van der Waals surface area (Å²) in [5.41, 5.74) is 3.26. The second-order valence-electron chi connectivity index (χ2n) is 5.87. The van der Waals surface area contributed by atoms with Gasteiger partial charge in [0.05, 0.1) is 30.5 Å². The molecule has 0 aliphatic carbocycles. The number of aliphatic hydroxyl groups excluding tert-OH is 1. The van der Waals surface area contributed by atoms with Crippen LogP contribution in [0.25, 0.3) is 16.9 Å². The summed E-state index contributed by atoms with van der Waals surface area (Å²) in [6.45, 7) is 1.86. The minimum Gasteiger partial charge on any atom is -0.394 e. The van der Waals surface area contributed by atoms with Gasteiger partial charge < -0.3 is 14.8 Å². The minimum absolute atomic E-state index is 0.0700. The molecule has 2 aromatic heterocycles. The molecule has 0 fully saturated rings. The van der Waals surface area contributed by atoms with E-state index in [4.69, 9.17) is 11.6 Å². The SMILES string of the molecule is CCC(CO)NC(=O)Cc1c(-c2ccc(Cl)cc2)nc2ccccn12. The highest BCUT2D eigenvalue weighted by molar-refractivity contribution is 6.30. The molecule has 2 N–H and O–H groups in total. The van der Waals surface area contributed by atoms with Crippen molar-refractivity contribution in [1.82, 2.24) is 14.7 Å². The van der Waals surface area contributed by atoms with Gasteiger partial charge in [0.1, 0.15) is 5.65 Å². The molecule has 130 valence electrons. The predicted molar refractivity (Wildman–Crippen MR) is 98.6 cm³/mol. The highest BCUT2D eigenvalue weighted by atomic mass is 35.5. The normalized spacial score (nSPS) is 12.3. The first-order chi connectivity index (χ1) is 12.1. The number of amides is 1. The molecule has 1 aromatic carbocycles. The summed E-state index contributed by atoms with van der Waals surface area (Å²) in [5.74, 6) is -0.137. The number of aliphatic hydroxyl groups is 1. The molecule has 0 saturated heterocycles. The number of nitrogens with one attached hydrogen (secondary N) is 1. The van der Waals surface area contributed by atoms with Crippen molar-refractivity contribution in [3.05, 3.63) is 59.4 Å². The average Bonchev–Trinajstić information content (AvgIpc) is 2.99. The van der Waals surface area contributed by atoms with Crippen molar-refractivity contribution in [2.75, 3.05) is 6.61 Å². The Labute approximate surface area is 151 Å². The molecule has 3 aromatic rings. The molecule has 0 saturated carbocycles. The summed E-state index contributed by atoms with van der Waals surface area (Å²) in [6, 6.07) is 12.9. The number of fused-ring (bicyclic) bond motifs is 1. The fraction of sp³-hybridized carbons (Fsp3) is 0.263. The van der Waals surface area contributed by atoms with E-state index < -0.39 is 0 Å². The highest BCUT2D eigenvalue weighted by Crippen LogP contribution is 2.26. The average molecular weight is 358 g/mol. The van der Waals surface area contributed by atoms with E-state index in [1.54, 1.807) is 0 Å². The number of imidazole rings is 1. The minimum atomic E-state index is -0.231. The highest BCUT2D eigenvalue weighted by Gasteiger charge is 2.18. The number of benzene rings is 1. The molecule has 0 spiro atoms. The maximum absolute atomic E-state index is 12.4. The van der Waals surface area contributed by atoms with E-state index >= 15 is 0 Å². The summed E-state index contributed by atoms with van der Waals surface area (Å²) >= 11 is 5.98. The molecule has 1 unspecified atom stereocenters. The van der Waals surface area contributed by atoms with Gasteiger partial charge >= 0.3 is 0 Å². The van der Waals surface area contributed by atoms with Gasteiger partial charge in [-0.3, -0.25) is 4.79 Å². The number of rotatable bonds is 6. The van der Waals surface area contributed by atoms with Crippen LogP contribution in [-0.4, -0.2) is 33.0 Å². The van der Waals surface area contributed by atoms with Gasteiger partial charge in [-0.15, -0.1) is 0 Å². The van der Waals surface area contributed by atoms with Crippen molar-refractivity contribution in [1.29, 1.82) is 0 Å². The van der Waals surface area contributed by atoms with E-state index in [9.17, 15) is 9.90 Å². The Bertz CT molecular complexity index is 870. The van der Waals surface area contributed by atoms with E-state index in [-0.39, 0.29) is 25.0 Å². The van der Waals surface area contributed by atoms with Crippen LogP contribution in [0.15, 0.2) is 48.7 Å². The van der Waals surface area contributed by atoms with Gasteiger partial charge in [0.25, 0.3) is 0 Å². The number of hydrogen-bond donors (Lipinski definition) is 2. The van der Waals surface area contributed by atoms with Crippen LogP contribution in [0.5, 0.6) is 0 Å². The first-order valence-electron chi connectivity index (χ1n) is 8.24. The van der Waals surface area contributed by atoms with Crippen LogP contribution in [0.2, 0.25) is 5.02 Å². The third-order valence-corrected chi connectivity index (χ3v) is 4.40. The zero-order valence-corrected chi connectivity index (χ0v) is 14.7. The molecule has 2 heterocycles. The quantitative estimate of drug-likeness (QED) is 0.712. The zero-order chi connectivity index (χ0) is 17.8. The maximum atomic E-state index is 12.4. The Morgan fingerprint density at radius 3 is 2.72 bits per heavy atom. The molecule has 3 rings (SSSR count). The van der Waals surface area contributed by atoms with Crippen molar-refractivity contribution in [3.63, 3.8) is 0 Å². The summed E-state index contributed by atoms with van der Waals surface area (Å²) in [5, 5.41) is 12.8. The largest absolute Gasteiger partial charge is 0.394 e. The fourth-order valence-electron chi connectivity index (χ4n) is 2.76. The Hall–Kier alpha value is -2.37. The molecule has 0 aliphatic heterocycles. The van der Waals surface area contributed by atoms with Crippen LogP contribution in [0, 0.1) is 0 Å². The summed E-state index contributed by atoms with van der Waals surface area (Å²) in [7, 11) is 0. The molecule has 0 aliphatic rings. The van der Waals surface area contributed by atoms with Crippen molar-refractivity contribution in [2.45, 2.75) is 25.8 Å². The van der Waals surface area contributed by atoms with Crippen LogP contribution in [0.3, 0.4) is 0 Å². The molecule has 1 amide bonds. The third kappa shape index (κ3) is 3.83. The van der Waals surface area contributed by atoms with Crippen LogP contribution in [0.1, 0.15) is 19.0 Å².